The molecule has 2 rings (SSSR count). The lowest BCUT2D eigenvalue weighted by Gasteiger charge is -2.18. The van der Waals surface area contributed by atoms with Gasteiger partial charge in [0, 0.05) is 29.4 Å². The molecule has 0 atom stereocenters. The van der Waals surface area contributed by atoms with Crippen LogP contribution in [0.25, 0.3) is 10.6 Å². The van der Waals surface area contributed by atoms with E-state index < -0.39 is 0 Å². The molecule has 96 valence electrons. The van der Waals surface area contributed by atoms with Crippen LogP contribution in [0, 0.1) is 5.41 Å². The van der Waals surface area contributed by atoms with Gasteiger partial charge in [-0.2, -0.15) is 0 Å². The Morgan fingerprint density at radius 1 is 1.28 bits per heavy atom. The quantitative estimate of drug-likeness (QED) is 0.865. The second-order valence-corrected chi connectivity index (χ2v) is 6.55. The van der Waals surface area contributed by atoms with Crippen LogP contribution >= 0.6 is 11.3 Å². The smallest absolute Gasteiger partial charge is 0.123 e. The maximum atomic E-state index is 4.34. The van der Waals surface area contributed by atoms with Gasteiger partial charge in [0.15, 0.2) is 0 Å². The first kappa shape index (κ1) is 13.1. The minimum atomic E-state index is 0.375. The number of rotatable bonds is 4. The van der Waals surface area contributed by atoms with E-state index in [2.05, 4.69) is 55.3 Å². The number of nitrogens with one attached hydrogen (secondary N) is 1. The first-order chi connectivity index (χ1) is 8.54. The predicted octanol–water partition coefficient (Wildman–Crippen LogP) is 4.66. The molecule has 0 saturated carbocycles. The van der Waals surface area contributed by atoms with Crippen molar-refractivity contribution in [3.05, 3.63) is 35.8 Å². The van der Waals surface area contributed by atoms with Crippen molar-refractivity contribution in [3.63, 3.8) is 0 Å². The Kier molecular flexibility index (Phi) is 4.02. The minimum Gasteiger partial charge on any atom is -0.385 e. The largest absolute Gasteiger partial charge is 0.385 e. The van der Waals surface area contributed by atoms with E-state index in [1.165, 1.54) is 11.3 Å². The van der Waals surface area contributed by atoms with E-state index in [-0.39, 0.29) is 0 Å². The second-order valence-electron chi connectivity index (χ2n) is 5.66. The van der Waals surface area contributed by atoms with Crippen molar-refractivity contribution >= 4 is 17.0 Å². The van der Waals surface area contributed by atoms with Crippen LogP contribution in [0.1, 0.15) is 27.2 Å². The molecule has 1 N–H and O–H groups in total. The lowest BCUT2D eigenvalue weighted by Crippen LogP contribution is -2.12. The summed E-state index contributed by atoms with van der Waals surface area (Å²) in [4.78, 5) is 4.34. The Balaban J connectivity index is 2.00. The number of anilines is 1. The lowest BCUT2D eigenvalue weighted by molar-refractivity contribution is 0.390. The predicted molar refractivity (Wildman–Crippen MR) is 80.1 cm³/mol. The summed E-state index contributed by atoms with van der Waals surface area (Å²) in [6.45, 7) is 7.80. The molecule has 1 heterocycles. The maximum absolute atomic E-state index is 4.34. The van der Waals surface area contributed by atoms with E-state index in [1.54, 1.807) is 11.3 Å². The molecule has 0 amide bonds. The molecule has 0 aliphatic heterocycles. The number of thiazole rings is 1. The van der Waals surface area contributed by atoms with Crippen LogP contribution in [0.5, 0.6) is 0 Å². The first-order valence-electron chi connectivity index (χ1n) is 6.28. The molecule has 1 aromatic carbocycles. The van der Waals surface area contributed by atoms with Crippen molar-refractivity contribution in [2.75, 3.05) is 11.9 Å². The summed E-state index contributed by atoms with van der Waals surface area (Å²) in [7, 11) is 0. The highest BCUT2D eigenvalue weighted by Crippen LogP contribution is 2.25. The van der Waals surface area contributed by atoms with Crippen molar-refractivity contribution in [3.8, 4) is 10.6 Å². The van der Waals surface area contributed by atoms with Gasteiger partial charge in [0.2, 0.25) is 0 Å². The Bertz CT molecular complexity index is 483. The van der Waals surface area contributed by atoms with Crippen LogP contribution in [0.2, 0.25) is 0 Å². The van der Waals surface area contributed by atoms with Gasteiger partial charge >= 0.3 is 0 Å². The monoisotopic (exact) mass is 260 g/mol. The fraction of sp³-hybridized carbons (Fsp3) is 0.400. The van der Waals surface area contributed by atoms with Crippen molar-refractivity contribution in [1.82, 2.24) is 4.98 Å². The highest BCUT2D eigenvalue weighted by molar-refractivity contribution is 7.13. The highest BCUT2D eigenvalue weighted by Gasteiger charge is 2.09. The molecule has 18 heavy (non-hydrogen) atoms. The van der Waals surface area contributed by atoms with Crippen LogP contribution in [-0.2, 0) is 0 Å². The summed E-state index contributed by atoms with van der Waals surface area (Å²) >= 11 is 1.67. The standard InChI is InChI=1S/C15H20N2S/c1-15(2,3)7-8-16-13-6-4-5-12(11-13)14-17-9-10-18-14/h4-6,9-11,16H,7-8H2,1-3H3. The summed E-state index contributed by atoms with van der Waals surface area (Å²) in [5.41, 5.74) is 2.73. The van der Waals surface area contributed by atoms with Crippen molar-refractivity contribution < 1.29 is 0 Å². The lowest BCUT2D eigenvalue weighted by atomic mass is 9.92. The molecular weight excluding hydrogens is 240 g/mol. The van der Waals surface area contributed by atoms with Gasteiger partial charge in [0.05, 0.1) is 0 Å². The Morgan fingerprint density at radius 3 is 2.78 bits per heavy atom. The third kappa shape index (κ3) is 3.84. The number of hydrogen-bond acceptors (Lipinski definition) is 3. The van der Waals surface area contributed by atoms with E-state index in [1.807, 2.05) is 11.6 Å². The molecule has 0 saturated heterocycles. The molecule has 3 heteroatoms. The van der Waals surface area contributed by atoms with Gasteiger partial charge in [-0.3, -0.25) is 0 Å². The molecule has 0 aliphatic rings. The van der Waals surface area contributed by atoms with Gasteiger partial charge < -0.3 is 5.32 Å². The Labute approximate surface area is 113 Å². The van der Waals surface area contributed by atoms with Gasteiger partial charge in [-0.25, -0.2) is 4.98 Å². The normalized spacial score (nSPS) is 11.5. The summed E-state index contributed by atoms with van der Waals surface area (Å²) in [6, 6.07) is 8.46. The number of benzene rings is 1. The fourth-order valence-corrected chi connectivity index (χ4v) is 2.35. The van der Waals surface area contributed by atoms with E-state index in [9.17, 15) is 0 Å². The molecule has 1 aromatic heterocycles. The molecule has 2 aromatic rings. The first-order valence-corrected chi connectivity index (χ1v) is 7.16. The molecule has 2 nitrogen and oxygen atoms in total. The molecular formula is C15H20N2S. The molecule has 0 spiro atoms. The molecule has 0 fully saturated rings. The fourth-order valence-electron chi connectivity index (χ4n) is 1.71. The third-order valence-electron chi connectivity index (χ3n) is 2.75. The van der Waals surface area contributed by atoms with Gasteiger partial charge in [0.25, 0.3) is 0 Å². The maximum Gasteiger partial charge on any atom is 0.123 e. The number of nitrogens with zero attached hydrogens (tertiary/aromatic N) is 1. The van der Waals surface area contributed by atoms with Gasteiger partial charge in [-0.15, -0.1) is 11.3 Å². The van der Waals surface area contributed by atoms with Gasteiger partial charge in [-0.05, 0) is 24.0 Å². The van der Waals surface area contributed by atoms with E-state index in [0.29, 0.717) is 5.41 Å². The van der Waals surface area contributed by atoms with Crippen LogP contribution in [0.15, 0.2) is 35.8 Å². The van der Waals surface area contributed by atoms with E-state index in [4.69, 9.17) is 0 Å². The molecule has 0 aliphatic carbocycles. The van der Waals surface area contributed by atoms with Crippen LogP contribution < -0.4 is 5.32 Å². The topological polar surface area (TPSA) is 24.9 Å². The third-order valence-corrected chi connectivity index (χ3v) is 3.57. The zero-order valence-corrected chi connectivity index (χ0v) is 12.1. The zero-order chi connectivity index (χ0) is 13.0. The summed E-state index contributed by atoms with van der Waals surface area (Å²) in [6.07, 6.45) is 3.01. The minimum absolute atomic E-state index is 0.375. The van der Waals surface area contributed by atoms with Crippen molar-refractivity contribution in [2.24, 2.45) is 5.41 Å². The van der Waals surface area contributed by atoms with Crippen LogP contribution in [0.4, 0.5) is 5.69 Å². The summed E-state index contributed by atoms with van der Waals surface area (Å²) < 4.78 is 0. The Morgan fingerprint density at radius 2 is 2.11 bits per heavy atom. The van der Waals surface area contributed by atoms with Crippen LogP contribution in [-0.4, -0.2) is 11.5 Å². The Hall–Kier alpha value is -1.35. The van der Waals surface area contributed by atoms with E-state index in [0.717, 1.165) is 18.0 Å². The van der Waals surface area contributed by atoms with Crippen molar-refractivity contribution in [2.45, 2.75) is 27.2 Å². The number of hydrogen-bond donors (Lipinski definition) is 1. The SMILES string of the molecule is CC(C)(C)CCNc1cccc(-c2nccs2)c1. The van der Waals surface area contributed by atoms with Gasteiger partial charge in [0.1, 0.15) is 5.01 Å². The molecule has 0 bridgehead atoms. The molecule has 0 unspecified atom stereocenters. The average Bonchev–Trinajstić information content (AvgIpc) is 2.81. The second kappa shape index (κ2) is 5.53. The summed E-state index contributed by atoms with van der Waals surface area (Å²) in [5, 5.41) is 6.57. The van der Waals surface area contributed by atoms with E-state index >= 15 is 0 Å². The zero-order valence-electron chi connectivity index (χ0n) is 11.2. The highest BCUT2D eigenvalue weighted by atomic mass is 32.1. The number of aromatic nitrogens is 1. The average molecular weight is 260 g/mol. The molecule has 0 radical (unpaired) electrons. The summed E-state index contributed by atoms with van der Waals surface area (Å²) in [5.74, 6) is 0. The van der Waals surface area contributed by atoms with Crippen molar-refractivity contribution in [1.29, 1.82) is 0 Å². The van der Waals surface area contributed by atoms with Crippen LogP contribution in [0.3, 0.4) is 0 Å². The van der Waals surface area contributed by atoms with Gasteiger partial charge in [-0.1, -0.05) is 32.9 Å².